The lowest BCUT2D eigenvalue weighted by atomic mass is 9.92. The number of aromatic nitrogens is 1. The molecule has 2 atom stereocenters. The van der Waals surface area contributed by atoms with E-state index >= 15 is 0 Å². The number of nitrogens with zero attached hydrogens (tertiary/aromatic N) is 3. The summed E-state index contributed by atoms with van der Waals surface area (Å²) in [7, 11) is 0. The summed E-state index contributed by atoms with van der Waals surface area (Å²) in [6.45, 7) is 5.68. The van der Waals surface area contributed by atoms with Crippen LogP contribution in [0.4, 0.5) is 5.69 Å². The van der Waals surface area contributed by atoms with Crippen molar-refractivity contribution in [3.05, 3.63) is 40.6 Å². The second-order valence-electron chi connectivity index (χ2n) is 6.77. The molecule has 132 valence electrons. The van der Waals surface area contributed by atoms with Crippen molar-refractivity contribution in [1.82, 2.24) is 9.88 Å². The summed E-state index contributed by atoms with van der Waals surface area (Å²) in [5.74, 6) is 1.28. The third-order valence-electron chi connectivity index (χ3n) is 4.48. The molecule has 2 aromatic rings. The van der Waals surface area contributed by atoms with Crippen LogP contribution >= 0.6 is 0 Å². The van der Waals surface area contributed by atoms with Crippen LogP contribution in [0.5, 0.6) is 5.75 Å². The van der Waals surface area contributed by atoms with Crippen molar-refractivity contribution in [2.24, 2.45) is 11.8 Å². The molecule has 0 saturated carbocycles. The fourth-order valence-corrected chi connectivity index (χ4v) is 3.50. The number of benzene rings is 1. The van der Waals surface area contributed by atoms with Crippen LogP contribution in [0.15, 0.2) is 30.5 Å². The number of amides is 1. The number of carbonyl (C=O) groups excluding carboxylic acids is 1. The standard InChI is InChI=1S/C18H21N3O4/c1-12-8-13(2)10-20(9-12)17(22)11-25-16-6-5-15(21(23)24)14-4-3-7-19-18(14)16/h3-7,12-13H,8-11H2,1-2H3. The van der Waals surface area contributed by atoms with Gasteiger partial charge in [0.2, 0.25) is 0 Å². The van der Waals surface area contributed by atoms with Gasteiger partial charge in [0.05, 0.1) is 10.3 Å². The summed E-state index contributed by atoms with van der Waals surface area (Å²) in [6, 6.07) is 6.15. The van der Waals surface area contributed by atoms with E-state index in [1.54, 1.807) is 18.3 Å². The zero-order valence-corrected chi connectivity index (χ0v) is 14.3. The third kappa shape index (κ3) is 3.70. The maximum Gasteiger partial charge on any atom is 0.279 e. The van der Waals surface area contributed by atoms with Crippen molar-refractivity contribution >= 4 is 22.5 Å². The predicted molar refractivity (Wildman–Crippen MR) is 93.4 cm³/mol. The summed E-state index contributed by atoms with van der Waals surface area (Å²) in [4.78, 5) is 29.2. The zero-order chi connectivity index (χ0) is 18.0. The molecular weight excluding hydrogens is 322 g/mol. The van der Waals surface area contributed by atoms with E-state index in [0.717, 1.165) is 19.5 Å². The van der Waals surface area contributed by atoms with Crippen molar-refractivity contribution in [1.29, 1.82) is 0 Å². The zero-order valence-electron chi connectivity index (χ0n) is 14.3. The van der Waals surface area contributed by atoms with Gasteiger partial charge in [-0.2, -0.15) is 0 Å². The number of fused-ring (bicyclic) bond motifs is 1. The van der Waals surface area contributed by atoms with Gasteiger partial charge in [-0.15, -0.1) is 0 Å². The summed E-state index contributed by atoms with van der Waals surface area (Å²) < 4.78 is 5.66. The summed E-state index contributed by atoms with van der Waals surface area (Å²) in [5.41, 5.74) is 0.366. The fourth-order valence-electron chi connectivity index (χ4n) is 3.50. The number of likely N-dealkylation sites (tertiary alicyclic amines) is 1. The SMILES string of the molecule is CC1CC(C)CN(C(=O)COc2ccc([N+](=O)[O-])c3cccnc23)C1. The van der Waals surface area contributed by atoms with Crippen LogP contribution in [-0.2, 0) is 4.79 Å². The first-order valence-electron chi connectivity index (χ1n) is 8.38. The monoisotopic (exact) mass is 343 g/mol. The normalized spacial score (nSPS) is 20.5. The van der Waals surface area contributed by atoms with Crippen molar-refractivity contribution in [3.8, 4) is 5.75 Å². The average Bonchev–Trinajstić information content (AvgIpc) is 2.58. The highest BCUT2D eigenvalue weighted by atomic mass is 16.6. The van der Waals surface area contributed by atoms with E-state index in [-0.39, 0.29) is 18.2 Å². The van der Waals surface area contributed by atoms with E-state index < -0.39 is 4.92 Å². The lowest BCUT2D eigenvalue weighted by Gasteiger charge is -2.34. The molecule has 25 heavy (non-hydrogen) atoms. The van der Waals surface area contributed by atoms with Gasteiger partial charge in [0, 0.05) is 25.4 Å². The Kier molecular flexibility index (Phi) is 4.83. The van der Waals surface area contributed by atoms with E-state index in [1.165, 1.54) is 12.1 Å². The van der Waals surface area contributed by atoms with Crippen molar-refractivity contribution in [2.45, 2.75) is 20.3 Å². The molecule has 2 heterocycles. The van der Waals surface area contributed by atoms with Crippen molar-refractivity contribution in [2.75, 3.05) is 19.7 Å². The Morgan fingerprint density at radius 3 is 2.72 bits per heavy atom. The van der Waals surface area contributed by atoms with E-state index in [9.17, 15) is 14.9 Å². The Bertz CT molecular complexity index is 798. The molecule has 1 aromatic heterocycles. The first-order valence-corrected chi connectivity index (χ1v) is 8.38. The Morgan fingerprint density at radius 2 is 2.04 bits per heavy atom. The van der Waals surface area contributed by atoms with Gasteiger partial charge in [0.15, 0.2) is 6.61 Å². The molecule has 0 N–H and O–H groups in total. The van der Waals surface area contributed by atoms with Gasteiger partial charge in [-0.1, -0.05) is 13.8 Å². The average molecular weight is 343 g/mol. The van der Waals surface area contributed by atoms with Gasteiger partial charge in [0.25, 0.3) is 11.6 Å². The molecule has 0 radical (unpaired) electrons. The smallest absolute Gasteiger partial charge is 0.279 e. The van der Waals surface area contributed by atoms with Crippen LogP contribution in [0.1, 0.15) is 20.3 Å². The number of nitro benzene ring substituents is 1. The number of nitro groups is 1. The van der Waals surface area contributed by atoms with Gasteiger partial charge in [0.1, 0.15) is 11.3 Å². The predicted octanol–water partition coefficient (Wildman–Crippen LogP) is 3.03. The number of hydrogen-bond donors (Lipinski definition) is 0. The first kappa shape index (κ1) is 17.1. The molecule has 0 aliphatic carbocycles. The highest BCUT2D eigenvalue weighted by Gasteiger charge is 2.26. The minimum absolute atomic E-state index is 0.0274. The van der Waals surface area contributed by atoms with Gasteiger partial charge in [-0.25, -0.2) is 0 Å². The van der Waals surface area contributed by atoms with E-state index in [1.807, 2.05) is 4.90 Å². The number of hydrogen-bond acceptors (Lipinski definition) is 5. The molecule has 0 spiro atoms. The Balaban J connectivity index is 1.76. The van der Waals surface area contributed by atoms with Crippen LogP contribution in [0.25, 0.3) is 10.9 Å². The quantitative estimate of drug-likeness (QED) is 0.629. The largest absolute Gasteiger partial charge is 0.481 e. The second-order valence-corrected chi connectivity index (χ2v) is 6.77. The lowest BCUT2D eigenvalue weighted by Crippen LogP contribution is -2.44. The molecule has 1 fully saturated rings. The van der Waals surface area contributed by atoms with Crippen LogP contribution < -0.4 is 4.74 Å². The number of carbonyl (C=O) groups is 1. The molecule has 2 unspecified atom stereocenters. The van der Waals surface area contributed by atoms with Gasteiger partial charge < -0.3 is 9.64 Å². The Morgan fingerprint density at radius 1 is 1.32 bits per heavy atom. The van der Waals surface area contributed by atoms with Crippen LogP contribution in [0, 0.1) is 22.0 Å². The minimum atomic E-state index is -0.449. The van der Waals surface area contributed by atoms with Crippen LogP contribution in [0.3, 0.4) is 0 Å². The fraction of sp³-hybridized carbons (Fsp3) is 0.444. The molecule has 1 saturated heterocycles. The molecule has 1 amide bonds. The third-order valence-corrected chi connectivity index (χ3v) is 4.48. The highest BCUT2D eigenvalue weighted by molar-refractivity contribution is 5.92. The molecule has 3 rings (SSSR count). The topological polar surface area (TPSA) is 85.6 Å². The number of piperidine rings is 1. The Hall–Kier alpha value is -2.70. The number of ether oxygens (including phenoxy) is 1. The van der Waals surface area contributed by atoms with E-state index in [0.29, 0.717) is 28.5 Å². The van der Waals surface area contributed by atoms with Gasteiger partial charge >= 0.3 is 0 Å². The lowest BCUT2D eigenvalue weighted by molar-refractivity contribution is -0.383. The second kappa shape index (κ2) is 7.04. The van der Waals surface area contributed by atoms with E-state index in [4.69, 9.17) is 4.74 Å². The summed E-state index contributed by atoms with van der Waals surface area (Å²) >= 11 is 0. The number of pyridine rings is 1. The number of rotatable bonds is 4. The van der Waals surface area contributed by atoms with E-state index in [2.05, 4.69) is 18.8 Å². The van der Waals surface area contributed by atoms with Crippen LogP contribution in [0.2, 0.25) is 0 Å². The maximum absolute atomic E-state index is 12.4. The maximum atomic E-state index is 12.4. The van der Waals surface area contributed by atoms with Gasteiger partial charge in [-0.05, 0) is 36.5 Å². The molecular formula is C18H21N3O4. The molecule has 0 bridgehead atoms. The highest BCUT2D eigenvalue weighted by Crippen LogP contribution is 2.31. The first-order chi connectivity index (χ1) is 12.0. The molecule has 1 aliphatic rings. The van der Waals surface area contributed by atoms with Crippen molar-refractivity contribution in [3.63, 3.8) is 0 Å². The molecule has 7 nitrogen and oxygen atoms in total. The minimum Gasteiger partial charge on any atom is -0.481 e. The van der Waals surface area contributed by atoms with Crippen LogP contribution in [-0.4, -0.2) is 40.4 Å². The Labute approximate surface area is 145 Å². The molecule has 1 aromatic carbocycles. The van der Waals surface area contributed by atoms with Gasteiger partial charge in [-0.3, -0.25) is 19.9 Å². The van der Waals surface area contributed by atoms with Crippen molar-refractivity contribution < 1.29 is 14.5 Å². The summed E-state index contributed by atoms with van der Waals surface area (Å²) in [5, 5.41) is 11.5. The molecule has 7 heteroatoms. The number of non-ortho nitro benzene ring substituents is 1. The molecule has 1 aliphatic heterocycles. The summed E-state index contributed by atoms with van der Waals surface area (Å²) in [6.07, 6.45) is 2.68.